The SMILES string of the molecule is O=C(Nc1cccc(NC(=O)C2CC2)c1)c1cccc(OCC2CCCO2)c1. The molecule has 0 radical (unpaired) electrons. The van der Waals surface area contributed by atoms with Crippen LogP contribution in [0.2, 0.25) is 0 Å². The summed E-state index contributed by atoms with van der Waals surface area (Å²) in [5, 5.41) is 5.76. The van der Waals surface area contributed by atoms with E-state index in [1.807, 2.05) is 12.1 Å². The van der Waals surface area contributed by atoms with Crippen molar-refractivity contribution in [3.63, 3.8) is 0 Å². The molecule has 2 aliphatic rings. The van der Waals surface area contributed by atoms with Gasteiger partial charge in [-0.25, -0.2) is 0 Å². The van der Waals surface area contributed by atoms with Crippen LogP contribution in [0.5, 0.6) is 5.75 Å². The third kappa shape index (κ3) is 4.89. The van der Waals surface area contributed by atoms with Gasteiger partial charge in [-0.2, -0.15) is 0 Å². The van der Waals surface area contributed by atoms with Gasteiger partial charge in [-0.15, -0.1) is 0 Å². The van der Waals surface area contributed by atoms with Crippen LogP contribution in [0.25, 0.3) is 0 Å². The fraction of sp³-hybridized carbons (Fsp3) is 0.364. The predicted octanol–water partition coefficient (Wildman–Crippen LogP) is 3.85. The summed E-state index contributed by atoms with van der Waals surface area (Å²) in [5.74, 6) is 0.594. The summed E-state index contributed by atoms with van der Waals surface area (Å²) in [4.78, 5) is 24.5. The molecule has 2 aromatic carbocycles. The molecule has 0 aromatic heterocycles. The van der Waals surface area contributed by atoms with Crippen LogP contribution < -0.4 is 15.4 Å². The first-order valence-corrected chi connectivity index (χ1v) is 9.74. The number of carbonyl (C=O) groups is 2. The fourth-order valence-electron chi connectivity index (χ4n) is 3.16. The van der Waals surface area contributed by atoms with Gasteiger partial charge in [0.2, 0.25) is 5.91 Å². The first-order valence-electron chi connectivity index (χ1n) is 9.74. The summed E-state index contributed by atoms with van der Waals surface area (Å²) in [6.45, 7) is 1.28. The monoisotopic (exact) mass is 380 g/mol. The van der Waals surface area contributed by atoms with Gasteiger partial charge in [-0.3, -0.25) is 9.59 Å². The summed E-state index contributed by atoms with van der Waals surface area (Å²) in [5.41, 5.74) is 1.82. The maximum absolute atomic E-state index is 12.6. The van der Waals surface area contributed by atoms with Gasteiger partial charge in [0.1, 0.15) is 12.4 Å². The lowest BCUT2D eigenvalue weighted by Crippen LogP contribution is -2.17. The summed E-state index contributed by atoms with van der Waals surface area (Å²) in [7, 11) is 0. The van der Waals surface area contributed by atoms with Crippen molar-refractivity contribution in [3.8, 4) is 5.75 Å². The van der Waals surface area contributed by atoms with E-state index in [0.717, 1.165) is 32.3 Å². The lowest BCUT2D eigenvalue weighted by atomic mass is 10.2. The topological polar surface area (TPSA) is 76.7 Å². The van der Waals surface area contributed by atoms with Crippen molar-refractivity contribution in [1.82, 2.24) is 0 Å². The molecule has 1 saturated heterocycles. The molecule has 6 nitrogen and oxygen atoms in total. The number of hydrogen-bond donors (Lipinski definition) is 2. The molecule has 2 amide bonds. The van der Waals surface area contributed by atoms with E-state index in [1.54, 1.807) is 36.4 Å². The van der Waals surface area contributed by atoms with E-state index in [9.17, 15) is 9.59 Å². The molecule has 0 bridgehead atoms. The number of rotatable bonds is 7. The molecule has 1 atom stereocenters. The van der Waals surface area contributed by atoms with Crippen molar-refractivity contribution in [3.05, 3.63) is 54.1 Å². The predicted molar refractivity (Wildman–Crippen MR) is 107 cm³/mol. The third-order valence-corrected chi connectivity index (χ3v) is 4.89. The van der Waals surface area contributed by atoms with Gasteiger partial charge >= 0.3 is 0 Å². The van der Waals surface area contributed by atoms with Crippen molar-refractivity contribution in [2.45, 2.75) is 31.8 Å². The summed E-state index contributed by atoms with van der Waals surface area (Å²) in [6.07, 6.45) is 4.11. The number of amides is 2. The molecule has 1 heterocycles. The van der Waals surface area contributed by atoms with Gasteiger partial charge in [0.25, 0.3) is 5.91 Å². The quantitative estimate of drug-likeness (QED) is 0.765. The number of hydrogen-bond acceptors (Lipinski definition) is 4. The van der Waals surface area contributed by atoms with Crippen LogP contribution >= 0.6 is 0 Å². The van der Waals surface area contributed by atoms with E-state index in [-0.39, 0.29) is 23.8 Å². The fourth-order valence-corrected chi connectivity index (χ4v) is 3.16. The van der Waals surface area contributed by atoms with E-state index in [2.05, 4.69) is 10.6 Å². The highest BCUT2D eigenvalue weighted by molar-refractivity contribution is 6.05. The Labute approximate surface area is 164 Å². The van der Waals surface area contributed by atoms with E-state index in [0.29, 0.717) is 29.3 Å². The second-order valence-electron chi connectivity index (χ2n) is 7.27. The van der Waals surface area contributed by atoms with E-state index < -0.39 is 0 Å². The van der Waals surface area contributed by atoms with Crippen molar-refractivity contribution >= 4 is 23.2 Å². The highest BCUT2D eigenvalue weighted by Crippen LogP contribution is 2.30. The standard InChI is InChI=1S/C22H24N2O4/c25-21(15-9-10-15)23-17-5-2-6-18(13-17)24-22(26)16-4-1-7-19(12-16)28-14-20-8-3-11-27-20/h1-2,4-7,12-13,15,20H,3,8-11,14H2,(H,23,25)(H,24,26). The van der Waals surface area contributed by atoms with Gasteiger partial charge in [0.15, 0.2) is 0 Å². The minimum absolute atomic E-state index is 0.0413. The molecule has 4 rings (SSSR count). The second-order valence-corrected chi connectivity index (χ2v) is 7.27. The van der Waals surface area contributed by atoms with E-state index in [1.165, 1.54) is 0 Å². The van der Waals surface area contributed by atoms with E-state index in [4.69, 9.17) is 9.47 Å². The average molecular weight is 380 g/mol. The molecule has 0 spiro atoms. The molecule has 146 valence electrons. The molecule has 1 aliphatic heterocycles. The summed E-state index contributed by atoms with van der Waals surface area (Å²) >= 11 is 0. The minimum atomic E-state index is -0.228. The zero-order valence-corrected chi connectivity index (χ0v) is 15.6. The second kappa shape index (κ2) is 8.44. The highest BCUT2D eigenvalue weighted by Gasteiger charge is 2.29. The normalized spacial score (nSPS) is 18.5. The Balaban J connectivity index is 1.36. The van der Waals surface area contributed by atoms with E-state index >= 15 is 0 Å². The Kier molecular flexibility index (Phi) is 5.58. The Morgan fingerprint density at radius 2 is 1.79 bits per heavy atom. The largest absolute Gasteiger partial charge is 0.491 e. The number of ether oxygens (including phenoxy) is 2. The molecular weight excluding hydrogens is 356 g/mol. The molecule has 2 fully saturated rings. The Morgan fingerprint density at radius 1 is 1.00 bits per heavy atom. The molecule has 1 saturated carbocycles. The summed E-state index contributed by atoms with van der Waals surface area (Å²) < 4.78 is 11.3. The van der Waals surface area contributed by atoms with Crippen LogP contribution in [-0.2, 0) is 9.53 Å². The number of nitrogens with one attached hydrogen (secondary N) is 2. The molecule has 2 N–H and O–H groups in total. The first kappa shape index (κ1) is 18.5. The maximum atomic E-state index is 12.6. The Hall–Kier alpha value is -2.86. The first-order chi connectivity index (χ1) is 13.7. The third-order valence-electron chi connectivity index (χ3n) is 4.89. The van der Waals surface area contributed by atoms with Crippen LogP contribution in [0.15, 0.2) is 48.5 Å². The molecule has 1 unspecified atom stereocenters. The van der Waals surface area contributed by atoms with Gasteiger partial charge in [-0.05, 0) is 62.1 Å². The molecule has 2 aromatic rings. The summed E-state index contributed by atoms with van der Waals surface area (Å²) in [6, 6.07) is 14.3. The number of carbonyl (C=O) groups excluding carboxylic acids is 2. The van der Waals surface area contributed by atoms with Gasteiger partial charge < -0.3 is 20.1 Å². The lowest BCUT2D eigenvalue weighted by molar-refractivity contribution is -0.117. The highest BCUT2D eigenvalue weighted by atomic mass is 16.5. The van der Waals surface area contributed by atoms with Crippen LogP contribution in [0, 0.1) is 5.92 Å². The lowest BCUT2D eigenvalue weighted by Gasteiger charge is -2.12. The van der Waals surface area contributed by atoms with Gasteiger partial charge in [0, 0.05) is 29.5 Å². The Morgan fingerprint density at radius 3 is 2.54 bits per heavy atom. The molecule has 6 heteroatoms. The molecule has 1 aliphatic carbocycles. The van der Waals surface area contributed by atoms with Gasteiger partial charge in [-0.1, -0.05) is 12.1 Å². The molecular formula is C22H24N2O4. The zero-order chi connectivity index (χ0) is 19.3. The Bertz CT molecular complexity index is 857. The minimum Gasteiger partial charge on any atom is -0.491 e. The van der Waals surface area contributed by atoms with Crippen molar-refractivity contribution in [2.24, 2.45) is 5.92 Å². The zero-order valence-electron chi connectivity index (χ0n) is 15.6. The van der Waals surface area contributed by atoms with Crippen LogP contribution in [0.1, 0.15) is 36.0 Å². The van der Waals surface area contributed by atoms with Crippen molar-refractivity contribution in [1.29, 1.82) is 0 Å². The van der Waals surface area contributed by atoms with Crippen LogP contribution in [0.3, 0.4) is 0 Å². The van der Waals surface area contributed by atoms with Crippen LogP contribution in [0.4, 0.5) is 11.4 Å². The number of anilines is 2. The molecule has 28 heavy (non-hydrogen) atoms. The smallest absolute Gasteiger partial charge is 0.255 e. The van der Waals surface area contributed by atoms with Crippen LogP contribution in [-0.4, -0.2) is 31.1 Å². The average Bonchev–Trinajstić information content (AvgIpc) is 3.43. The van der Waals surface area contributed by atoms with Gasteiger partial charge in [0.05, 0.1) is 6.10 Å². The number of benzene rings is 2. The van der Waals surface area contributed by atoms with Crippen molar-refractivity contribution in [2.75, 3.05) is 23.8 Å². The van der Waals surface area contributed by atoms with Crippen molar-refractivity contribution < 1.29 is 19.1 Å². The maximum Gasteiger partial charge on any atom is 0.255 e.